The molecule has 7 nitrogen and oxygen atoms in total. The van der Waals surface area contributed by atoms with E-state index in [0.717, 1.165) is 10.6 Å². The van der Waals surface area contributed by atoms with Gasteiger partial charge in [0.2, 0.25) is 0 Å². The molecule has 0 aliphatic rings. The summed E-state index contributed by atoms with van der Waals surface area (Å²) in [5, 5.41) is 22.8. The van der Waals surface area contributed by atoms with Crippen molar-refractivity contribution in [3.63, 3.8) is 0 Å². The van der Waals surface area contributed by atoms with E-state index in [9.17, 15) is 9.90 Å². The van der Waals surface area contributed by atoms with E-state index >= 15 is 0 Å². The molecule has 8 heteroatoms. The first-order chi connectivity index (χ1) is 13.4. The number of methoxy groups -OCH3 is 1. The highest BCUT2D eigenvalue weighted by molar-refractivity contribution is 7.14. The lowest BCUT2D eigenvalue weighted by Crippen LogP contribution is -2.27. The van der Waals surface area contributed by atoms with Crippen LogP contribution in [0.4, 0.5) is 0 Å². The first-order valence-corrected chi connectivity index (χ1v) is 9.69. The van der Waals surface area contributed by atoms with Crippen molar-refractivity contribution in [2.75, 3.05) is 7.11 Å². The first-order valence-electron chi connectivity index (χ1n) is 8.87. The van der Waals surface area contributed by atoms with Crippen molar-refractivity contribution in [1.82, 2.24) is 20.5 Å². The number of hydrogen-bond acceptors (Lipinski definition) is 7. The summed E-state index contributed by atoms with van der Waals surface area (Å²) in [5.74, 6) is -0.147. The molecule has 0 fully saturated rings. The maximum absolute atomic E-state index is 12.5. The zero-order chi connectivity index (χ0) is 20.3. The number of benzene rings is 1. The SMILES string of the molecule is COc1ccnc(C(=O)N[C@@H](C)c2nnc(-c3ccc(C(C)C)cc3)s2)c1O. The van der Waals surface area contributed by atoms with Crippen LogP contribution in [0.2, 0.25) is 0 Å². The number of rotatable bonds is 6. The highest BCUT2D eigenvalue weighted by Gasteiger charge is 2.21. The monoisotopic (exact) mass is 398 g/mol. The van der Waals surface area contributed by atoms with Crippen LogP contribution in [0.15, 0.2) is 36.5 Å². The predicted molar refractivity (Wildman–Crippen MR) is 108 cm³/mol. The number of hydrogen-bond donors (Lipinski definition) is 2. The van der Waals surface area contributed by atoms with Crippen molar-refractivity contribution in [1.29, 1.82) is 0 Å². The molecule has 0 aliphatic heterocycles. The fourth-order valence-corrected chi connectivity index (χ4v) is 3.48. The van der Waals surface area contributed by atoms with Crippen LogP contribution in [0.25, 0.3) is 10.6 Å². The molecule has 146 valence electrons. The van der Waals surface area contributed by atoms with Gasteiger partial charge in [0.1, 0.15) is 10.0 Å². The Bertz CT molecular complexity index is 970. The molecule has 2 heterocycles. The Kier molecular flexibility index (Phi) is 5.89. The maximum atomic E-state index is 12.5. The molecule has 1 amide bonds. The zero-order valence-electron chi connectivity index (χ0n) is 16.1. The number of ether oxygens (including phenoxy) is 1. The molecule has 0 spiro atoms. The van der Waals surface area contributed by atoms with Gasteiger partial charge in [-0.25, -0.2) is 4.98 Å². The van der Waals surface area contributed by atoms with Gasteiger partial charge in [0.15, 0.2) is 17.2 Å². The second kappa shape index (κ2) is 8.35. The lowest BCUT2D eigenvalue weighted by Gasteiger charge is -2.12. The summed E-state index contributed by atoms with van der Waals surface area (Å²) in [6.45, 7) is 6.11. The van der Waals surface area contributed by atoms with Crippen molar-refractivity contribution in [3.8, 4) is 22.1 Å². The fourth-order valence-electron chi connectivity index (χ4n) is 2.63. The molecule has 28 heavy (non-hydrogen) atoms. The largest absolute Gasteiger partial charge is 0.503 e. The molecule has 1 atom stereocenters. The Morgan fingerprint density at radius 3 is 2.50 bits per heavy atom. The minimum atomic E-state index is -0.512. The number of carbonyl (C=O) groups is 1. The molecule has 3 aromatic rings. The van der Waals surface area contributed by atoms with Crippen molar-refractivity contribution >= 4 is 17.2 Å². The normalized spacial score (nSPS) is 12.0. The number of pyridine rings is 1. The summed E-state index contributed by atoms with van der Waals surface area (Å²) in [4.78, 5) is 16.4. The van der Waals surface area contributed by atoms with Crippen molar-refractivity contribution < 1.29 is 14.6 Å². The molecule has 0 bridgehead atoms. The minimum absolute atomic E-state index is 0.0970. The predicted octanol–water partition coefficient (Wildman–Crippen LogP) is 3.93. The van der Waals surface area contributed by atoms with Crippen LogP contribution in [0, 0.1) is 0 Å². The van der Waals surface area contributed by atoms with Crippen LogP contribution in [0.3, 0.4) is 0 Å². The van der Waals surface area contributed by atoms with Crippen LogP contribution < -0.4 is 10.1 Å². The number of amides is 1. The quantitative estimate of drug-likeness (QED) is 0.653. The summed E-state index contributed by atoms with van der Waals surface area (Å²) in [6.07, 6.45) is 1.40. The smallest absolute Gasteiger partial charge is 0.274 e. The van der Waals surface area contributed by atoms with Gasteiger partial charge in [-0.2, -0.15) is 0 Å². The lowest BCUT2D eigenvalue weighted by atomic mass is 10.0. The average molecular weight is 398 g/mol. The summed E-state index contributed by atoms with van der Waals surface area (Å²) in [6, 6.07) is 9.33. The van der Waals surface area contributed by atoms with Crippen molar-refractivity contribution in [2.45, 2.75) is 32.7 Å². The number of aromatic nitrogens is 3. The Balaban J connectivity index is 1.73. The van der Waals surface area contributed by atoms with E-state index in [1.807, 2.05) is 12.1 Å². The number of carbonyl (C=O) groups excluding carboxylic acids is 1. The fraction of sp³-hybridized carbons (Fsp3) is 0.300. The van der Waals surface area contributed by atoms with Gasteiger partial charge >= 0.3 is 0 Å². The average Bonchev–Trinajstić information content (AvgIpc) is 3.18. The van der Waals surface area contributed by atoms with Crippen LogP contribution >= 0.6 is 11.3 Å². The van der Waals surface area contributed by atoms with E-state index in [1.54, 1.807) is 6.92 Å². The minimum Gasteiger partial charge on any atom is -0.503 e. The maximum Gasteiger partial charge on any atom is 0.274 e. The summed E-state index contributed by atoms with van der Waals surface area (Å²) in [5.41, 5.74) is 2.15. The Hall–Kier alpha value is -3.00. The van der Waals surface area contributed by atoms with Crippen molar-refractivity contribution in [3.05, 3.63) is 52.8 Å². The summed E-state index contributed by atoms with van der Waals surface area (Å²) in [7, 11) is 1.41. The molecule has 0 aliphatic carbocycles. The van der Waals surface area contributed by atoms with E-state index in [1.165, 1.54) is 36.3 Å². The number of nitrogens with one attached hydrogen (secondary N) is 1. The molecule has 0 saturated heterocycles. The zero-order valence-corrected chi connectivity index (χ0v) is 16.9. The van der Waals surface area contributed by atoms with E-state index in [2.05, 4.69) is 46.5 Å². The molecule has 0 radical (unpaired) electrons. The third-order valence-corrected chi connectivity index (χ3v) is 5.46. The van der Waals surface area contributed by atoms with Crippen LogP contribution in [0.1, 0.15) is 53.8 Å². The van der Waals surface area contributed by atoms with Gasteiger partial charge in [0.05, 0.1) is 13.2 Å². The second-order valence-electron chi connectivity index (χ2n) is 6.63. The van der Waals surface area contributed by atoms with Crippen LogP contribution in [-0.2, 0) is 0 Å². The van der Waals surface area contributed by atoms with Gasteiger partial charge in [-0.1, -0.05) is 49.4 Å². The van der Waals surface area contributed by atoms with Crippen molar-refractivity contribution in [2.24, 2.45) is 0 Å². The van der Waals surface area contributed by atoms with Gasteiger partial charge in [-0.15, -0.1) is 10.2 Å². The highest BCUT2D eigenvalue weighted by Crippen LogP contribution is 2.30. The van der Waals surface area contributed by atoms with E-state index in [0.29, 0.717) is 10.9 Å². The third-order valence-electron chi connectivity index (χ3n) is 4.31. The van der Waals surface area contributed by atoms with Gasteiger partial charge in [-0.05, 0) is 18.4 Å². The van der Waals surface area contributed by atoms with Crippen LogP contribution in [0.5, 0.6) is 11.5 Å². The topological polar surface area (TPSA) is 97.2 Å². The van der Waals surface area contributed by atoms with E-state index < -0.39 is 5.91 Å². The Labute approximate surface area is 167 Å². The van der Waals surface area contributed by atoms with Gasteiger partial charge in [0.25, 0.3) is 5.91 Å². The molecule has 2 aromatic heterocycles. The Morgan fingerprint density at radius 1 is 1.14 bits per heavy atom. The Morgan fingerprint density at radius 2 is 1.86 bits per heavy atom. The molecule has 0 saturated carbocycles. The molecule has 2 N–H and O–H groups in total. The van der Waals surface area contributed by atoms with Gasteiger partial charge in [-0.3, -0.25) is 4.79 Å². The molecule has 3 rings (SSSR count). The third kappa shape index (κ3) is 4.12. The molecular formula is C20H22N4O3S. The van der Waals surface area contributed by atoms with Gasteiger partial charge in [0, 0.05) is 17.8 Å². The molecular weight excluding hydrogens is 376 g/mol. The van der Waals surface area contributed by atoms with E-state index in [4.69, 9.17) is 4.74 Å². The number of aromatic hydroxyl groups is 1. The van der Waals surface area contributed by atoms with Crippen LogP contribution in [-0.4, -0.2) is 33.3 Å². The molecule has 0 unspecified atom stereocenters. The standard InChI is InChI=1S/C20H22N4O3S/c1-11(2)13-5-7-14(8-6-13)20-24-23-19(28-20)12(3)22-18(26)16-17(25)15(27-4)9-10-21-16/h5-12,25H,1-4H3,(H,22,26)/t12-/m0/s1. The summed E-state index contributed by atoms with van der Waals surface area (Å²) >= 11 is 1.41. The highest BCUT2D eigenvalue weighted by atomic mass is 32.1. The van der Waals surface area contributed by atoms with Gasteiger partial charge < -0.3 is 15.2 Å². The first kappa shape index (κ1) is 19.8. The van der Waals surface area contributed by atoms with E-state index in [-0.39, 0.29) is 23.2 Å². The molecule has 1 aromatic carbocycles. The number of nitrogens with zero attached hydrogens (tertiary/aromatic N) is 3. The summed E-state index contributed by atoms with van der Waals surface area (Å²) < 4.78 is 5.01. The second-order valence-corrected chi connectivity index (χ2v) is 7.64. The lowest BCUT2D eigenvalue weighted by molar-refractivity contribution is 0.0931.